The van der Waals surface area contributed by atoms with E-state index < -0.39 is 5.82 Å². The van der Waals surface area contributed by atoms with Crippen LogP contribution in [0.4, 0.5) is 10.1 Å². The highest BCUT2D eigenvalue weighted by Crippen LogP contribution is 2.26. The standard InChI is InChI=1S/C17H12BrFN2O/c1-10-4-7-15(13-3-2-8-20-16(10)13)21-17(22)12-6-5-11(19)9-14(12)18/h2-9H,1H3,(H,21,22). The van der Waals surface area contributed by atoms with Crippen LogP contribution in [-0.4, -0.2) is 10.9 Å². The molecule has 1 heterocycles. The largest absolute Gasteiger partial charge is 0.321 e. The molecular formula is C17H12BrFN2O. The first-order chi connectivity index (χ1) is 10.6. The minimum Gasteiger partial charge on any atom is -0.321 e. The summed E-state index contributed by atoms with van der Waals surface area (Å²) in [7, 11) is 0. The van der Waals surface area contributed by atoms with Gasteiger partial charge in [0.05, 0.1) is 16.8 Å². The monoisotopic (exact) mass is 358 g/mol. The van der Waals surface area contributed by atoms with Crippen molar-refractivity contribution in [3.05, 3.63) is 70.1 Å². The maximum absolute atomic E-state index is 13.1. The van der Waals surface area contributed by atoms with Crippen LogP contribution in [0, 0.1) is 12.7 Å². The van der Waals surface area contributed by atoms with Crippen molar-refractivity contribution in [2.24, 2.45) is 0 Å². The Kier molecular flexibility index (Phi) is 3.90. The summed E-state index contributed by atoms with van der Waals surface area (Å²) in [4.78, 5) is 16.7. The summed E-state index contributed by atoms with van der Waals surface area (Å²) in [5.41, 5.74) is 2.93. The summed E-state index contributed by atoms with van der Waals surface area (Å²) in [6.07, 6.45) is 1.72. The molecule has 1 N–H and O–H groups in total. The van der Waals surface area contributed by atoms with Crippen molar-refractivity contribution in [1.29, 1.82) is 0 Å². The number of aromatic nitrogens is 1. The van der Waals surface area contributed by atoms with E-state index in [2.05, 4.69) is 26.2 Å². The predicted molar refractivity (Wildman–Crippen MR) is 88.5 cm³/mol. The number of amides is 1. The van der Waals surface area contributed by atoms with Crippen LogP contribution < -0.4 is 5.32 Å². The van der Waals surface area contributed by atoms with Crippen LogP contribution in [0.5, 0.6) is 0 Å². The van der Waals surface area contributed by atoms with Gasteiger partial charge in [0, 0.05) is 16.1 Å². The molecule has 0 atom stereocenters. The molecule has 0 radical (unpaired) electrons. The second-order valence-electron chi connectivity index (χ2n) is 4.91. The number of hydrogen-bond acceptors (Lipinski definition) is 2. The quantitative estimate of drug-likeness (QED) is 0.721. The number of pyridine rings is 1. The van der Waals surface area contributed by atoms with Gasteiger partial charge in [-0.3, -0.25) is 9.78 Å². The molecule has 22 heavy (non-hydrogen) atoms. The van der Waals surface area contributed by atoms with E-state index in [1.54, 1.807) is 6.20 Å². The molecule has 0 saturated carbocycles. The zero-order valence-corrected chi connectivity index (χ0v) is 13.3. The number of anilines is 1. The van der Waals surface area contributed by atoms with Crippen molar-refractivity contribution >= 4 is 38.4 Å². The highest BCUT2D eigenvalue weighted by Gasteiger charge is 2.13. The lowest BCUT2D eigenvalue weighted by molar-refractivity contribution is 0.102. The molecule has 3 nitrogen and oxygen atoms in total. The summed E-state index contributed by atoms with van der Waals surface area (Å²) in [5, 5.41) is 3.73. The normalized spacial score (nSPS) is 10.7. The maximum atomic E-state index is 13.1. The number of benzene rings is 2. The molecule has 3 aromatic rings. The molecule has 0 aliphatic heterocycles. The van der Waals surface area contributed by atoms with Crippen LogP contribution in [0.2, 0.25) is 0 Å². The van der Waals surface area contributed by atoms with Gasteiger partial charge in [-0.05, 0) is 64.8 Å². The Morgan fingerprint density at radius 3 is 2.82 bits per heavy atom. The first-order valence-corrected chi connectivity index (χ1v) is 7.46. The lowest BCUT2D eigenvalue weighted by Gasteiger charge is -2.11. The number of halogens is 2. The number of rotatable bonds is 2. The topological polar surface area (TPSA) is 42.0 Å². The van der Waals surface area contributed by atoms with E-state index in [-0.39, 0.29) is 5.91 Å². The smallest absolute Gasteiger partial charge is 0.256 e. The van der Waals surface area contributed by atoms with Gasteiger partial charge in [0.15, 0.2) is 0 Å². The molecule has 3 rings (SSSR count). The van der Waals surface area contributed by atoms with Crippen molar-refractivity contribution in [3.8, 4) is 0 Å². The molecule has 0 saturated heterocycles. The van der Waals surface area contributed by atoms with Crippen molar-refractivity contribution in [3.63, 3.8) is 0 Å². The average molecular weight is 359 g/mol. The van der Waals surface area contributed by atoms with Crippen molar-refractivity contribution in [2.75, 3.05) is 5.32 Å². The van der Waals surface area contributed by atoms with Gasteiger partial charge in [-0.25, -0.2) is 4.39 Å². The number of hydrogen-bond donors (Lipinski definition) is 1. The Balaban J connectivity index is 2.00. The Morgan fingerprint density at radius 1 is 1.23 bits per heavy atom. The molecule has 0 bridgehead atoms. The number of nitrogens with one attached hydrogen (secondary N) is 1. The van der Waals surface area contributed by atoms with Crippen LogP contribution >= 0.6 is 15.9 Å². The highest BCUT2D eigenvalue weighted by molar-refractivity contribution is 9.10. The molecule has 1 aromatic heterocycles. The number of nitrogens with zero attached hydrogens (tertiary/aromatic N) is 1. The fourth-order valence-corrected chi connectivity index (χ4v) is 2.82. The zero-order valence-electron chi connectivity index (χ0n) is 11.7. The van der Waals surface area contributed by atoms with Gasteiger partial charge >= 0.3 is 0 Å². The van der Waals surface area contributed by atoms with Crippen LogP contribution in [0.3, 0.4) is 0 Å². The molecule has 0 aliphatic carbocycles. The van der Waals surface area contributed by atoms with Gasteiger partial charge in [0.25, 0.3) is 5.91 Å². The van der Waals surface area contributed by atoms with Crippen LogP contribution in [0.1, 0.15) is 15.9 Å². The van der Waals surface area contributed by atoms with E-state index >= 15 is 0 Å². The molecule has 1 amide bonds. The van der Waals surface area contributed by atoms with Gasteiger partial charge in [0.2, 0.25) is 0 Å². The Hall–Kier alpha value is -2.27. The maximum Gasteiger partial charge on any atom is 0.256 e. The van der Waals surface area contributed by atoms with Crippen molar-refractivity contribution in [1.82, 2.24) is 4.98 Å². The Labute approximate surface area is 135 Å². The van der Waals surface area contributed by atoms with Gasteiger partial charge < -0.3 is 5.32 Å². The van der Waals surface area contributed by atoms with E-state index in [1.165, 1.54) is 18.2 Å². The minimum absolute atomic E-state index is 0.305. The van der Waals surface area contributed by atoms with Crippen LogP contribution in [0.25, 0.3) is 10.9 Å². The third kappa shape index (κ3) is 2.72. The second-order valence-corrected chi connectivity index (χ2v) is 5.76. The number of carbonyl (C=O) groups excluding carboxylic acids is 1. The van der Waals surface area contributed by atoms with E-state index in [0.29, 0.717) is 15.7 Å². The summed E-state index contributed by atoms with van der Waals surface area (Å²) in [6.45, 7) is 1.97. The SMILES string of the molecule is Cc1ccc(NC(=O)c2ccc(F)cc2Br)c2cccnc12. The summed E-state index contributed by atoms with van der Waals surface area (Å²) in [6, 6.07) is 11.5. The summed E-state index contributed by atoms with van der Waals surface area (Å²) >= 11 is 3.21. The van der Waals surface area contributed by atoms with E-state index in [1.807, 2.05) is 31.2 Å². The molecule has 0 fully saturated rings. The Morgan fingerprint density at radius 2 is 2.05 bits per heavy atom. The van der Waals surface area contributed by atoms with Crippen molar-refractivity contribution < 1.29 is 9.18 Å². The lowest BCUT2D eigenvalue weighted by Crippen LogP contribution is -2.13. The lowest BCUT2D eigenvalue weighted by atomic mass is 10.1. The first-order valence-electron chi connectivity index (χ1n) is 6.67. The molecule has 0 spiro atoms. The zero-order chi connectivity index (χ0) is 15.7. The molecule has 0 aliphatic rings. The fraction of sp³-hybridized carbons (Fsp3) is 0.0588. The second kappa shape index (κ2) is 5.85. The van der Waals surface area contributed by atoms with E-state index in [0.717, 1.165) is 16.5 Å². The van der Waals surface area contributed by atoms with E-state index in [4.69, 9.17) is 0 Å². The number of carbonyl (C=O) groups is 1. The van der Waals surface area contributed by atoms with Gasteiger partial charge in [-0.15, -0.1) is 0 Å². The minimum atomic E-state index is -0.395. The fourth-order valence-electron chi connectivity index (χ4n) is 2.29. The van der Waals surface area contributed by atoms with Crippen LogP contribution in [-0.2, 0) is 0 Å². The molecule has 5 heteroatoms. The van der Waals surface area contributed by atoms with Crippen molar-refractivity contribution in [2.45, 2.75) is 6.92 Å². The summed E-state index contributed by atoms with van der Waals surface area (Å²) in [5.74, 6) is -0.700. The third-order valence-corrected chi connectivity index (χ3v) is 4.05. The van der Waals surface area contributed by atoms with Gasteiger partial charge in [-0.2, -0.15) is 0 Å². The van der Waals surface area contributed by atoms with Gasteiger partial charge in [0.1, 0.15) is 5.82 Å². The van der Waals surface area contributed by atoms with E-state index in [9.17, 15) is 9.18 Å². The van der Waals surface area contributed by atoms with Crippen LogP contribution in [0.15, 0.2) is 53.1 Å². The highest BCUT2D eigenvalue weighted by atomic mass is 79.9. The Bertz CT molecular complexity index is 880. The predicted octanol–water partition coefficient (Wildman–Crippen LogP) is 4.70. The molecule has 0 unspecified atom stereocenters. The number of aryl methyl sites for hydroxylation is 1. The molecular weight excluding hydrogens is 347 g/mol. The molecule has 2 aromatic carbocycles. The molecule has 110 valence electrons. The number of fused-ring (bicyclic) bond motifs is 1. The average Bonchev–Trinajstić information content (AvgIpc) is 2.50. The summed E-state index contributed by atoms with van der Waals surface area (Å²) < 4.78 is 13.5. The third-order valence-electron chi connectivity index (χ3n) is 3.40. The first kappa shape index (κ1) is 14.7. The van der Waals surface area contributed by atoms with Gasteiger partial charge in [-0.1, -0.05) is 6.07 Å².